The van der Waals surface area contributed by atoms with Crippen LogP contribution < -0.4 is 4.74 Å². The summed E-state index contributed by atoms with van der Waals surface area (Å²) in [7, 11) is 0. The molecular weight excluding hydrogens is 466 g/mol. The Hall–Kier alpha value is -4.43. The zero-order valence-corrected chi connectivity index (χ0v) is 19.0. The van der Waals surface area contributed by atoms with E-state index in [1.165, 1.54) is 0 Å². The van der Waals surface area contributed by atoms with Crippen LogP contribution in [-0.2, 0) is 11.4 Å². The van der Waals surface area contributed by atoms with E-state index >= 15 is 0 Å². The maximum Gasteiger partial charge on any atom is 0.228 e. The van der Waals surface area contributed by atoms with Crippen molar-refractivity contribution in [1.29, 1.82) is 0 Å². The molecule has 0 aliphatic carbocycles. The summed E-state index contributed by atoms with van der Waals surface area (Å²) in [6.07, 6.45) is 3.10. The number of fused-ring (bicyclic) bond motifs is 4. The van der Waals surface area contributed by atoms with Gasteiger partial charge in [-0.3, -0.25) is 0 Å². The SMILES string of the molecule is Oc1ccc2c(c1)Oc1ncn3nc(CO/N=C\c4ccccc4Cl)nc3c1[C@H]2c1ccccc1. The zero-order chi connectivity index (χ0) is 23.8. The Labute approximate surface area is 205 Å². The van der Waals surface area contributed by atoms with Gasteiger partial charge in [0.2, 0.25) is 5.88 Å². The Kier molecular flexibility index (Phi) is 5.27. The molecule has 0 radical (unpaired) electrons. The number of phenols is 1. The molecule has 3 aromatic carbocycles. The van der Waals surface area contributed by atoms with E-state index in [2.05, 4.69) is 15.2 Å². The summed E-state index contributed by atoms with van der Waals surface area (Å²) in [5.74, 6) is 1.34. The van der Waals surface area contributed by atoms with Gasteiger partial charge >= 0.3 is 0 Å². The third-order valence-electron chi connectivity index (χ3n) is 5.73. The van der Waals surface area contributed by atoms with Crippen molar-refractivity contribution in [3.63, 3.8) is 0 Å². The van der Waals surface area contributed by atoms with Gasteiger partial charge in [0, 0.05) is 28.1 Å². The van der Waals surface area contributed by atoms with Crippen LogP contribution in [0, 0.1) is 0 Å². The Morgan fingerprint density at radius 3 is 2.77 bits per heavy atom. The van der Waals surface area contributed by atoms with E-state index in [9.17, 15) is 5.11 Å². The van der Waals surface area contributed by atoms with E-state index < -0.39 is 0 Å². The number of oxime groups is 1. The average molecular weight is 484 g/mol. The van der Waals surface area contributed by atoms with Gasteiger partial charge in [0.25, 0.3) is 0 Å². The molecule has 0 saturated heterocycles. The van der Waals surface area contributed by atoms with Gasteiger partial charge < -0.3 is 14.7 Å². The first kappa shape index (κ1) is 21.1. The molecule has 8 nitrogen and oxygen atoms in total. The molecule has 0 fully saturated rings. The number of aromatic hydroxyl groups is 1. The average Bonchev–Trinajstić information content (AvgIpc) is 3.30. The summed E-state index contributed by atoms with van der Waals surface area (Å²) in [5, 5.41) is 19.1. The quantitative estimate of drug-likeness (QED) is 0.263. The molecule has 6 rings (SSSR count). The van der Waals surface area contributed by atoms with Gasteiger partial charge in [-0.2, -0.15) is 0 Å². The molecule has 172 valence electrons. The lowest BCUT2D eigenvalue weighted by Gasteiger charge is -2.27. The first-order valence-corrected chi connectivity index (χ1v) is 11.2. The highest BCUT2D eigenvalue weighted by atomic mass is 35.5. The number of halogens is 1. The van der Waals surface area contributed by atoms with Gasteiger partial charge in [0.1, 0.15) is 17.8 Å². The van der Waals surface area contributed by atoms with Gasteiger partial charge in [0.15, 0.2) is 18.1 Å². The second-order valence-corrected chi connectivity index (χ2v) is 8.36. The molecule has 9 heteroatoms. The van der Waals surface area contributed by atoms with Crippen molar-refractivity contribution in [3.8, 4) is 17.4 Å². The van der Waals surface area contributed by atoms with Crippen LogP contribution in [0.3, 0.4) is 0 Å². The molecule has 0 bridgehead atoms. The van der Waals surface area contributed by atoms with Crippen molar-refractivity contribution in [2.75, 3.05) is 0 Å². The van der Waals surface area contributed by atoms with Crippen molar-refractivity contribution in [3.05, 3.63) is 112 Å². The smallest absolute Gasteiger partial charge is 0.228 e. The fraction of sp³-hybridized carbons (Fsp3) is 0.0769. The van der Waals surface area contributed by atoms with Crippen LogP contribution in [0.25, 0.3) is 5.65 Å². The third-order valence-corrected chi connectivity index (χ3v) is 6.08. The summed E-state index contributed by atoms with van der Waals surface area (Å²) in [4.78, 5) is 14.6. The molecule has 1 aliphatic heterocycles. The predicted molar refractivity (Wildman–Crippen MR) is 130 cm³/mol. The number of ether oxygens (including phenoxy) is 1. The lowest BCUT2D eigenvalue weighted by molar-refractivity contribution is 0.126. The summed E-state index contributed by atoms with van der Waals surface area (Å²) in [6, 6.07) is 22.5. The number of phenolic OH excluding ortho intramolecular Hbond substituents is 1. The molecule has 0 unspecified atom stereocenters. The molecule has 1 atom stereocenters. The first-order valence-electron chi connectivity index (χ1n) is 10.9. The Balaban J connectivity index is 1.37. The van der Waals surface area contributed by atoms with E-state index in [1.54, 1.807) is 35.3 Å². The molecular formula is C26H18ClN5O3. The highest BCUT2D eigenvalue weighted by Gasteiger charge is 2.33. The van der Waals surface area contributed by atoms with Gasteiger partial charge in [-0.05, 0) is 17.7 Å². The predicted octanol–water partition coefficient (Wildman–Crippen LogP) is 5.32. The lowest BCUT2D eigenvalue weighted by atomic mass is 9.84. The summed E-state index contributed by atoms with van der Waals surface area (Å²) >= 11 is 6.14. The van der Waals surface area contributed by atoms with E-state index in [0.29, 0.717) is 28.1 Å². The minimum atomic E-state index is -0.206. The maximum atomic E-state index is 10.00. The number of aromatic nitrogens is 4. The number of benzene rings is 3. The van der Waals surface area contributed by atoms with Crippen LogP contribution >= 0.6 is 11.6 Å². The van der Waals surface area contributed by atoms with Crippen molar-refractivity contribution in [1.82, 2.24) is 19.6 Å². The van der Waals surface area contributed by atoms with E-state index in [1.807, 2.05) is 54.6 Å². The largest absolute Gasteiger partial charge is 0.508 e. The molecule has 5 aromatic rings. The topological polar surface area (TPSA) is 94.1 Å². The van der Waals surface area contributed by atoms with Crippen LogP contribution in [-0.4, -0.2) is 30.9 Å². The Bertz CT molecular complexity index is 1570. The fourth-order valence-electron chi connectivity index (χ4n) is 4.17. The van der Waals surface area contributed by atoms with Crippen molar-refractivity contribution >= 4 is 23.5 Å². The number of rotatable bonds is 5. The summed E-state index contributed by atoms with van der Waals surface area (Å²) < 4.78 is 7.68. The minimum absolute atomic E-state index is 0.0682. The molecule has 0 spiro atoms. The Morgan fingerprint density at radius 2 is 1.91 bits per heavy atom. The van der Waals surface area contributed by atoms with Gasteiger partial charge in [-0.25, -0.2) is 14.5 Å². The summed E-state index contributed by atoms with van der Waals surface area (Å²) in [6.45, 7) is 0.0682. The van der Waals surface area contributed by atoms with Crippen LogP contribution in [0.15, 0.2) is 84.3 Å². The highest BCUT2D eigenvalue weighted by Crippen LogP contribution is 2.48. The number of hydrogen-bond donors (Lipinski definition) is 1. The molecule has 0 amide bonds. The first-order chi connectivity index (χ1) is 17.2. The van der Waals surface area contributed by atoms with E-state index in [4.69, 9.17) is 26.2 Å². The minimum Gasteiger partial charge on any atom is -0.508 e. The van der Waals surface area contributed by atoms with Gasteiger partial charge in [-0.15, -0.1) is 5.10 Å². The van der Waals surface area contributed by atoms with Crippen LogP contribution in [0.5, 0.6) is 17.4 Å². The van der Waals surface area contributed by atoms with Crippen LogP contribution in [0.1, 0.15) is 34.0 Å². The number of nitrogens with zero attached hydrogens (tertiary/aromatic N) is 5. The zero-order valence-electron chi connectivity index (χ0n) is 18.2. The third kappa shape index (κ3) is 3.94. The van der Waals surface area contributed by atoms with Gasteiger partial charge in [-0.1, -0.05) is 71.4 Å². The molecule has 35 heavy (non-hydrogen) atoms. The normalized spacial score (nSPS) is 14.5. The number of hydrogen-bond acceptors (Lipinski definition) is 7. The standard InChI is InChI=1S/C26H18ClN5O3/c27-20-9-5-4-8-17(20)13-29-34-14-22-30-25-24-23(16-6-2-1-3-7-16)19-11-10-18(33)12-21(19)35-26(24)28-15-32(25)31-22/h1-13,15,23,33H,14H2/b29-13-/t23-/m0/s1. The highest BCUT2D eigenvalue weighted by molar-refractivity contribution is 6.33. The monoisotopic (exact) mass is 483 g/mol. The van der Waals surface area contributed by atoms with Crippen LogP contribution in [0.2, 0.25) is 5.02 Å². The molecule has 0 saturated carbocycles. The van der Waals surface area contributed by atoms with Crippen molar-refractivity contribution in [2.45, 2.75) is 12.5 Å². The second kappa shape index (κ2) is 8.73. The van der Waals surface area contributed by atoms with Crippen LogP contribution in [0.4, 0.5) is 0 Å². The lowest BCUT2D eigenvalue weighted by Crippen LogP contribution is -2.14. The summed E-state index contributed by atoms with van der Waals surface area (Å²) in [5.41, 5.74) is 4.10. The molecule has 1 aliphatic rings. The second-order valence-electron chi connectivity index (χ2n) is 7.96. The van der Waals surface area contributed by atoms with Crippen molar-refractivity contribution in [2.24, 2.45) is 5.16 Å². The molecule has 1 N–H and O–H groups in total. The fourth-order valence-corrected chi connectivity index (χ4v) is 4.35. The van der Waals surface area contributed by atoms with E-state index in [-0.39, 0.29) is 18.3 Å². The molecule has 2 aromatic heterocycles. The van der Waals surface area contributed by atoms with Crippen molar-refractivity contribution < 1.29 is 14.7 Å². The maximum absolute atomic E-state index is 10.00. The Morgan fingerprint density at radius 1 is 1.09 bits per heavy atom. The van der Waals surface area contributed by atoms with Gasteiger partial charge in [0.05, 0.1) is 11.8 Å². The van der Waals surface area contributed by atoms with E-state index in [0.717, 1.165) is 22.3 Å². The molecule has 3 heterocycles.